The first kappa shape index (κ1) is 10.1. The maximum absolute atomic E-state index is 9.71. The lowest BCUT2D eigenvalue weighted by molar-refractivity contribution is 0.0398. The quantitative estimate of drug-likeness (QED) is 0.762. The molecule has 2 aliphatic heterocycles. The second-order valence-electron chi connectivity index (χ2n) is 4.80. The van der Waals surface area contributed by atoms with Gasteiger partial charge in [0.1, 0.15) is 0 Å². The molecule has 0 aliphatic carbocycles. The Kier molecular flexibility index (Phi) is 2.54. The van der Waals surface area contributed by atoms with Crippen molar-refractivity contribution in [3.05, 3.63) is 48.0 Å². The fraction of sp³-hybridized carbons (Fsp3) is 0.429. The Bertz CT molecular complexity index is 371. The lowest BCUT2D eigenvalue weighted by Gasteiger charge is -2.37. The van der Waals surface area contributed by atoms with Crippen LogP contribution >= 0.6 is 0 Å². The third-order valence-electron chi connectivity index (χ3n) is 3.64. The predicted molar refractivity (Wildman–Crippen MR) is 63.9 cm³/mol. The monoisotopic (exact) mass is 215 g/mol. The minimum absolute atomic E-state index is 0.114. The molecule has 2 nitrogen and oxygen atoms in total. The van der Waals surface area contributed by atoms with Crippen LogP contribution in [0.2, 0.25) is 0 Å². The van der Waals surface area contributed by atoms with Crippen LogP contribution in [0.3, 0.4) is 0 Å². The van der Waals surface area contributed by atoms with Gasteiger partial charge in [-0.25, -0.2) is 0 Å². The largest absolute Gasteiger partial charge is 0.393 e. The van der Waals surface area contributed by atoms with Crippen molar-refractivity contribution in [2.24, 2.45) is 0 Å². The number of aliphatic hydroxyl groups is 1. The van der Waals surface area contributed by atoms with Crippen molar-refractivity contribution in [1.82, 2.24) is 4.90 Å². The van der Waals surface area contributed by atoms with Gasteiger partial charge in [0.2, 0.25) is 0 Å². The van der Waals surface area contributed by atoms with E-state index >= 15 is 0 Å². The second-order valence-corrected chi connectivity index (χ2v) is 4.80. The summed E-state index contributed by atoms with van der Waals surface area (Å²) in [5.41, 5.74) is 1.36. The minimum Gasteiger partial charge on any atom is -0.393 e. The molecule has 0 saturated carbocycles. The highest BCUT2D eigenvalue weighted by atomic mass is 16.3. The first-order valence-corrected chi connectivity index (χ1v) is 5.99. The molecular formula is C14H17NO. The van der Waals surface area contributed by atoms with E-state index in [-0.39, 0.29) is 6.10 Å². The van der Waals surface area contributed by atoms with Gasteiger partial charge >= 0.3 is 0 Å². The number of aliphatic hydroxyl groups excluding tert-OH is 1. The number of piperidine rings is 1. The normalized spacial score (nSPS) is 33.2. The van der Waals surface area contributed by atoms with Crippen molar-refractivity contribution >= 4 is 0 Å². The SMILES string of the molecule is OC1C[C@H]2C=C[C@@H](C1)N2Cc1ccccc1. The summed E-state index contributed by atoms with van der Waals surface area (Å²) >= 11 is 0. The van der Waals surface area contributed by atoms with Crippen LogP contribution in [0.25, 0.3) is 0 Å². The molecule has 1 fully saturated rings. The Balaban J connectivity index is 1.74. The molecule has 0 spiro atoms. The Morgan fingerprint density at radius 1 is 1.06 bits per heavy atom. The zero-order valence-electron chi connectivity index (χ0n) is 9.29. The standard InChI is InChI=1S/C14H17NO/c16-14-8-12-6-7-13(9-14)15(12)10-11-4-2-1-3-5-11/h1-7,12-14,16H,8-10H2/t12-,13+,14?. The Morgan fingerprint density at radius 2 is 1.69 bits per heavy atom. The van der Waals surface area contributed by atoms with Crippen molar-refractivity contribution in [2.45, 2.75) is 37.6 Å². The molecule has 0 aromatic heterocycles. The molecule has 2 heteroatoms. The number of fused-ring (bicyclic) bond motifs is 2. The van der Waals surface area contributed by atoms with E-state index in [4.69, 9.17) is 0 Å². The molecule has 1 saturated heterocycles. The summed E-state index contributed by atoms with van der Waals surface area (Å²) < 4.78 is 0. The summed E-state index contributed by atoms with van der Waals surface area (Å²) in [5.74, 6) is 0. The van der Waals surface area contributed by atoms with Crippen LogP contribution in [-0.2, 0) is 6.54 Å². The topological polar surface area (TPSA) is 23.5 Å². The Hall–Kier alpha value is -1.12. The highest BCUT2D eigenvalue weighted by Crippen LogP contribution is 2.31. The summed E-state index contributed by atoms with van der Waals surface area (Å²) in [6, 6.07) is 11.4. The lowest BCUT2D eigenvalue weighted by Crippen LogP contribution is -2.44. The van der Waals surface area contributed by atoms with E-state index in [1.807, 2.05) is 0 Å². The number of rotatable bonds is 2. The molecule has 16 heavy (non-hydrogen) atoms. The average Bonchev–Trinajstić information content (AvgIpc) is 2.54. The zero-order valence-corrected chi connectivity index (χ0v) is 9.29. The van der Waals surface area contributed by atoms with Crippen molar-refractivity contribution in [3.63, 3.8) is 0 Å². The smallest absolute Gasteiger partial charge is 0.0576 e. The van der Waals surface area contributed by atoms with E-state index in [1.165, 1.54) is 5.56 Å². The van der Waals surface area contributed by atoms with Crippen LogP contribution in [0, 0.1) is 0 Å². The van der Waals surface area contributed by atoms with Gasteiger partial charge in [0, 0.05) is 18.6 Å². The fourth-order valence-corrected chi connectivity index (χ4v) is 2.83. The van der Waals surface area contributed by atoms with Crippen LogP contribution in [0.5, 0.6) is 0 Å². The summed E-state index contributed by atoms with van der Waals surface area (Å²) in [7, 11) is 0. The van der Waals surface area contributed by atoms with Gasteiger partial charge in [-0.2, -0.15) is 0 Å². The molecule has 1 aromatic rings. The average molecular weight is 215 g/mol. The Morgan fingerprint density at radius 3 is 2.31 bits per heavy atom. The lowest BCUT2D eigenvalue weighted by atomic mass is 9.98. The molecule has 1 aromatic carbocycles. The molecule has 1 N–H and O–H groups in total. The molecule has 0 amide bonds. The van der Waals surface area contributed by atoms with Gasteiger partial charge < -0.3 is 5.11 Å². The van der Waals surface area contributed by atoms with Crippen LogP contribution in [0.1, 0.15) is 18.4 Å². The van der Waals surface area contributed by atoms with Crippen molar-refractivity contribution in [2.75, 3.05) is 0 Å². The van der Waals surface area contributed by atoms with Gasteiger partial charge in [-0.15, -0.1) is 0 Å². The van der Waals surface area contributed by atoms with Gasteiger partial charge in [-0.1, -0.05) is 42.5 Å². The summed E-state index contributed by atoms with van der Waals surface area (Å²) in [5, 5.41) is 9.71. The number of hydrogen-bond donors (Lipinski definition) is 1. The van der Waals surface area contributed by atoms with Crippen molar-refractivity contribution < 1.29 is 5.11 Å². The molecule has 2 bridgehead atoms. The predicted octanol–water partition coefficient (Wildman–Crippen LogP) is 1.95. The summed E-state index contributed by atoms with van der Waals surface area (Å²) in [6.45, 7) is 0.996. The first-order chi connectivity index (χ1) is 7.83. The van der Waals surface area contributed by atoms with E-state index in [9.17, 15) is 5.11 Å². The number of nitrogens with zero attached hydrogens (tertiary/aromatic N) is 1. The van der Waals surface area contributed by atoms with Gasteiger partial charge in [0.25, 0.3) is 0 Å². The van der Waals surface area contributed by atoms with E-state index < -0.39 is 0 Å². The highest BCUT2D eigenvalue weighted by Gasteiger charge is 2.35. The first-order valence-electron chi connectivity index (χ1n) is 5.99. The Labute approximate surface area is 96.2 Å². The van der Waals surface area contributed by atoms with Crippen LogP contribution in [0.4, 0.5) is 0 Å². The third kappa shape index (κ3) is 1.79. The molecule has 3 atom stereocenters. The van der Waals surface area contributed by atoms with Gasteiger partial charge in [0.15, 0.2) is 0 Å². The van der Waals surface area contributed by atoms with E-state index in [2.05, 4.69) is 47.4 Å². The van der Waals surface area contributed by atoms with Crippen LogP contribution < -0.4 is 0 Å². The van der Waals surface area contributed by atoms with Crippen molar-refractivity contribution in [3.8, 4) is 0 Å². The van der Waals surface area contributed by atoms with Gasteiger partial charge in [-0.3, -0.25) is 4.90 Å². The van der Waals surface area contributed by atoms with Crippen LogP contribution in [0.15, 0.2) is 42.5 Å². The highest BCUT2D eigenvalue weighted by molar-refractivity contribution is 5.19. The maximum Gasteiger partial charge on any atom is 0.0576 e. The molecule has 2 aliphatic rings. The number of benzene rings is 1. The van der Waals surface area contributed by atoms with Crippen molar-refractivity contribution in [1.29, 1.82) is 0 Å². The summed E-state index contributed by atoms with van der Waals surface area (Å²) in [4.78, 5) is 2.49. The van der Waals surface area contributed by atoms with Crippen LogP contribution in [-0.4, -0.2) is 28.2 Å². The third-order valence-corrected chi connectivity index (χ3v) is 3.64. The van der Waals surface area contributed by atoms with Gasteiger partial charge in [0.05, 0.1) is 6.10 Å². The second kappa shape index (κ2) is 4.04. The maximum atomic E-state index is 9.71. The molecular weight excluding hydrogens is 198 g/mol. The number of hydrogen-bond acceptors (Lipinski definition) is 2. The van der Waals surface area contributed by atoms with Gasteiger partial charge in [-0.05, 0) is 18.4 Å². The fourth-order valence-electron chi connectivity index (χ4n) is 2.83. The van der Waals surface area contributed by atoms with E-state index in [1.54, 1.807) is 0 Å². The molecule has 0 radical (unpaired) electrons. The molecule has 84 valence electrons. The zero-order chi connectivity index (χ0) is 11.0. The molecule has 2 heterocycles. The summed E-state index contributed by atoms with van der Waals surface area (Å²) in [6.07, 6.45) is 6.17. The molecule has 1 unspecified atom stereocenters. The van der Waals surface area contributed by atoms with E-state index in [0.717, 1.165) is 19.4 Å². The van der Waals surface area contributed by atoms with E-state index in [0.29, 0.717) is 12.1 Å². The minimum atomic E-state index is -0.114. The molecule has 3 rings (SSSR count).